The maximum Gasteiger partial charge on any atom is 0.252 e. The minimum atomic E-state index is -0.114. The molecular formula is C64H65BN2. The van der Waals surface area contributed by atoms with Crippen LogP contribution in [0.5, 0.6) is 0 Å². The Morgan fingerprint density at radius 1 is 0.358 bits per heavy atom. The summed E-state index contributed by atoms with van der Waals surface area (Å²) < 4.78 is 9.21. The van der Waals surface area contributed by atoms with Crippen molar-refractivity contribution >= 4 is 57.2 Å². The van der Waals surface area contributed by atoms with E-state index in [0.29, 0.717) is 6.04 Å². The van der Waals surface area contributed by atoms with Crippen LogP contribution in [0.15, 0.2) is 176 Å². The monoisotopic (exact) mass is 874 g/mol. The first-order valence-corrected chi connectivity index (χ1v) is 24.2. The van der Waals surface area contributed by atoms with E-state index in [2.05, 4.69) is 257 Å². The van der Waals surface area contributed by atoms with Crippen molar-refractivity contribution in [2.45, 2.75) is 105 Å². The van der Waals surface area contributed by atoms with E-state index in [4.69, 9.17) is 0 Å². The van der Waals surface area contributed by atoms with E-state index >= 15 is 0 Å². The van der Waals surface area contributed by atoms with E-state index in [1.54, 1.807) is 0 Å². The molecule has 0 aromatic heterocycles. The lowest BCUT2D eigenvalue weighted by atomic mass is 9.33. The van der Waals surface area contributed by atoms with Crippen LogP contribution in [-0.4, -0.2) is 6.71 Å². The quantitative estimate of drug-likeness (QED) is 0.159. The molecule has 2 aliphatic heterocycles. The smallest absolute Gasteiger partial charge is 0.252 e. The second kappa shape index (κ2) is 16.0. The molecule has 2 nitrogen and oxygen atoms in total. The van der Waals surface area contributed by atoms with Crippen LogP contribution < -0.4 is 26.2 Å². The third-order valence-corrected chi connectivity index (χ3v) is 14.2. The molecule has 0 bridgehead atoms. The van der Waals surface area contributed by atoms with Crippen molar-refractivity contribution in [2.75, 3.05) is 9.80 Å². The zero-order chi connectivity index (χ0) is 48.1. The predicted molar refractivity (Wildman–Crippen MR) is 292 cm³/mol. The molecular weight excluding hydrogens is 808 g/mol. The van der Waals surface area contributed by atoms with Crippen LogP contribution in [0.3, 0.4) is 0 Å². The summed E-state index contributed by atoms with van der Waals surface area (Å²) in [6.07, 6.45) is 0. The lowest BCUT2D eigenvalue weighted by molar-refractivity contribution is 0.568. The Balaban J connectivity index is 1.40. The number of anilines is 6. The Hall–Kier alpha value is -6.58. The molecule has 2 heterocycles. The molecule has 0 unspecified atom stereocenters. The molecule has 8 aromatic carbocycles. The van der Waals surface area contributed by atoms with Crippen molar-refractivity contribution in [3.05, 3.63) is 198 Å². The standard InChI is InChI=1S/C64H65BN2/c1-61(2,3)45-36-46(62(4,5)6)39-49(38-45)66-55-32-21-19-30-53(55)65-54-31-20-22-33-56(54)67(50-40-47(63(7,8)9)37-48(41-50)64(10,11)12)58-35-44(34-57(66)60(58)65)59-51(42-24-15-13-16-25-42)28-23-29-52(59)43-26-17-14-18-27-43/h13-41H,1-12H3/i19D. The first-order valence-electron chi connectivity index (χ1n) is 24.7. The number of benzene rings is 8. The average Bonchev–Trinajstić information content (AvgIpc) is 3.30. The van der Waals surface area contributed by atoms with Gasteiger partial charge < -0.3 is 9.80 Å². The molecule has 0 spiro atoms. The van der Waals surface area contributed by atoms with Crippen molar-refractivity contribution < 1.29 is 1.37 Å². The van der Waals surface area contributed by atoms with E-state index < -0.39 is 0 Å². The Kier molecular flexibility index (Phi) is 10.3. The van der Waals surface area contributed by atoms with Gasteiger partial charge in [-0.25, -0.2) is 0 Å². The molecule has 3 heteroatoms. The van der Waals surface area contributed by atoms with Gasteiger partial charge in [0.2, 0.25) is 0 Å². The lowest BCUT2D eigenvalue weighted by Gasteiger charge is -2.45. The van der Waals surface area contributed by atoms with Crippen molar-refractivity contribution in [3.8, 4) is 33.4 Å². The van der Waals surface area contributed by atoms with Gasteiger partial charge in [0.15, 0.2) is 0 Å². The third-order valence-electron chi connectivity index (χ3n) is 14.2. The molecule has 0 aliphatic carbocycles. The highest BCUT2D eigenvalue weighted by Crippen LogP contribution is 2.50. The van der Waals surface area contributed by atoms with Gasteiger partial charge in [0.1, 0.15) is 0 Å². The SMILES string of the molecule is [2H]c1ccc2c(c1)B1c3ccccc3N(c3cc(C(C)(C)C)cc(C(C)(C)C)c3)c3cc(-c4c(-c5ccccc5)cccc4-c4ccccc4)cc(c31)N2c1cc(C(C)(C)C)cc(C(C)(C)C)c1. The third kappa shape index (κ3) is 7.91. The normalized spacial score (nSPS) is 13.8. The number of hydrogen-bond donors (Lipinski definition) is 0. The summed E-state index contributed by atoms with van der Waals surface area (Å²) in [5.41, 5.74) is 22.5. The van der Waals surface area contributed by atoms with Gasteiger partial charge in [0.05, 0.1) is 1.37 Å². The summed E-state index contributed by atoms with van der Waals surface area (Å²) in [6, 6.07) is 64.1. The lowest BCUT2D eigenvalue weighted by Crippen LogP contribution is -2.61. The molecule has 0 saturated carbocycles. The van der Waals surface area contributed by atoms with E-state index in [1.807, 2.05) is 6.07 Å². The molecule has 10 rings (SSSR count). The van der Waals surface area contributed by atoms with E-state index in [9.17, 15) is 1.37 Å². The average molecular weight is 874 g/mol. The van der Waals surface area contributed by atoms with Gasteiger partial charge in [-0.3, -0.25) is 0 Å². The largest absolute Gasteiger partial charge is 0.311 e. The summed E-state index contributed by atoms with van der Waals surface area (Å²) in [5, 5.41) is 0. The number of rotatable bonds is 5. The van der Waals surface area contributed by atoms with Gasteiger partial charge in [-0.2, -0.15) is 0 Å². The van der Waals surface area contributed by atoms with Crippen molar-refractivity contribution in [2.24, 2.45) is 0 Å². The van der Waals surface area contributed by atoms with Gasteiger partial charge in [0.25, 0.3) is 6.71 Å². The summed E-state index contributed by atoms with van der Waals surface area (Å²) in [7, 11) is 0. The number of fused-ring (bicyclic) bond motifs is 4. The highest BCUT2D eigenvalue weighted by Gasteiger charge is 2.44. The highest BCUT2D eigenvalue weighted by molar-refractivity contribution is 7.00. The molecule has 2 aliphatic rings. The van der Waals surface area contributed by atoms with Crippen molar-refractivity contribution in [3.63, 3.8) is 0 Å². The summed E-state index contributed by atoms with van der Waals surface area (Å²) in [6.45, 7) is 27.8. The fourth-order valence-corrected chi connectivity index (χ4v) is 10.3. The molecule has 8 aromatic rings. The zero-order valence-corrected chi connectivity index (χ0v) is 41.6. The van der Waals surface area contributed by atoms with E-state index in [1.165, 1.54) is 61.0 Å². The molecule has 0 saturated heterocycles. The second-order valence-corrected chi connectivity index (χ2v) is 23.1. The summed E-state index contributed by atoms with van der Waals surface area (Å²) >= 11 is 0. The Morgan fingerprint density at radius 2 is 0.746 bits per heavy atom. The first kappa shape index (κ1) is 43.0. The van der Waals surface area contributed by atoms with Crippen LogP contribution in [-0.2, 0) is 21.7 Å². The number of hydrogen-bond acceptors (Lipinski definition) is 2. The zero-order valence-electron chi connectivity index (χ0n) is 42.6. The van der Waals surface area contributed by atoms with Crippen LogP contribution in [0.1, 0.15) is 107 Å². The van der Waals surface area contributed by atoms with Crippen LogP contribution in [0.2, 0.25) is 0 Å². The molecule has 67 heavy (non-hydrogen) atoms. The highest BCUT2D eigenvalue weighted by atomic mass is 15.2. The summed E-state index contributed by atoms with van der Waals surface area (Å²) in [4.78, 5) is 5.12. The minimum Gasteiger partial charge on any atom is -0.311 e. The molecule has 0 amide bonds. The maximum absolute atomic E-state index is 9.21. The Bertz CT molecular complexity index is 3090. The van der Waals surface area contributed by atoms with Gasteiger partial charge >= 0.3 is 0 Å². The first-order chi connectivity index (χ1) is 32.2. The van der Waals surface area contributed by atoms with Crippen LogP contribution in [0.25, 0.3) is 33.4 Å². The molecule has 0 atom stereocenters. The predicted octanol–water partition coefficient (Wildman–Crippen LogP) is 16.0. The Morgan fingerprint density at radius 3 is 1.18 bits per heavy atom. The topological polar surface area (TPSA) is 6.48 Å². The minimum absolute atomic E-state index is 0.0859. The molecule has 0 fully saturated rings. The second-order valence-electron chi connectivity index (χ2n) is 23.1. The van der Waals surface area contributed by atoms with Crippen LogP contribution in [0, 0.1) is 0 Å². The summed E-state index contributed by atoms with van der Waals surface area (Å²) in [5.74, 6) is 0. The molecule has 0 N–H and O–H groups in total. The van der Waals surface area contributed by atoms with E-state index in [-0.39, 0.29) is 28.4 Å². The molecule has 0 radical (unpaired) electrons. The van der Waals surface area contributed by atoms with Gasteiger partial charge in [-0.15, -0.1) is 0 Å². The van der Waals surface area contributed by atoms with Crippen molar-refractivity contribution in [1.29, 1.82) is 0 Å². The van der Waals surface area contributed by atoms with Gasteiger partial charge in [-0.1, -0.05) is 210 Å². The van der Waals surface area contributed by atoms with Crippen molar-refractivity contribution in [1.82, 2.24) is 0 Å². The molecule has 334 valence electrons. The Labute approximate surface area is 402 Å². The fourth-order valence-electron chi connectivity index (χ4n) is 10.3. The van der Waals surface area contributed by atoms with Gasteiger partial charge in [-0.05, 0) is 142 Å². The van der Waals surface area contributed by atoms with Crippen LogP contribution in [0.4, 0.5) is 34.1 Å². The number of para-hydroxylation sites is 2. The van der Waals surface area contributed by atoms with Crippen LogP contribution >= 0.6 is 0 Å². The fraction of sp³-hybridized carbons (Fsp3) is 0.250. The number of nitrogens with zero attached hydrogens (tertiary/aromatic N) is 2. The maximum atomic E-state index is 9.21. The van der Waals surface area contributed by atoms with Gasteiger partial charge in [0, 0.05) is 34.1 Å². The van der Waals surface area contributed by atoms with E-state index in [0.717, 1.165) is 45.2 Å².